The van der Waals surface area contributed by atoms with Gasteiger partial charge in [-0.2, -0.15) is 0 Å². The van der Waals surface area contributed by atoms with E-state index in [0.29, 0.717) is 0 Å². The van der Waals surface area contributed by atoms with Crippen molar-refractivity contribution >= 4 is 11.7 Å². The van der Waals surface area contributed by atoms with Crippen LogP contribution >= 0.6 is 0 Å². The van der Waals surface area contributed by atoms with Crippen LogP contribution in [0.1, 0.15) is 10.5 Å². The monoisotopic (exact) mass is 248 g/mol. The molecular weight excluding hydrogens is 239 g/mol. The fraction of sp³-hybridized carbons (Fsp3) is 0. The summed E-state index contributed by atoms with van der Waals surface area (Å²) >= 11 is 0. The maximum absolute atomic E-state index is 13.4. The van der Waals surface area contributed by atoms with Gasteiger partial charge < -0.3 is 15.6 Å². The highest BCUT2D eigenvalue weighted by Crippen LogP contribution is 2.27. The molecule has 1 aromatic heterocycles. The molecule has 0 aliphatic heterocycles. The average Bonchev–Trinajstić information content (AvgIpc) is 2.34. The number of anilines is 1. The molecule has 0 atom stereocenters. The number of nitrogens with zero attached hydrogens (tertiary/aromatic N) is 1. The number of benzene rings is 1. The van der Waals surface area contributed by atoms with Gasteiger partial charge in [-0.3, -0.25) is 0 Å². The van der Waals surface area contributed by atoms with Crippen molar-refractivity contribution in [3.8, 4) is 11.6 Å². The van der Waals surface area contributed by atoms with Crippen molar-refractivity contribution in [1.82, 2.24) is 4.98 Å². The van der Waals surface area contributed by atoms with E-state index in [9.17, 15) is 9.18 Å². The summed E-state index contributed by atoms with van der Waals surface area (Å²) in [4.78, 5) is 14.4. The van der Waals surface area contributed by atoms with Gasteiger partial charge in [-0.05, 0) is 24.3 Å². The number of carbonyl (C=O) groups is 1. The van der Waals surface area contributed by atoms with Gasteiger partial charge >= 0.3 is 5.97 Å². The van der Waals surface area contributed by atoms with Crippen LogP contribution in [0.3, 0.4) is 0 Å². The largest absolute Gasteiger partial charge is 0.477 e. The van der Waals surface area contributed by atoms with E-state index in [0.717, 1.165) is 0 Å². The third-order valence-corrected chi connectivity index (χ3v) is 2.15. The maximum Gasteiger partial charge on any atom is 0.354 e. The fourth-order valence-electron chi connectivity index (χ4n) is 1.28. The molecular formula is C12H9FN2O3. The second-order valence-electron chi connectivity index (χ2n) is 3.43. The minimum atomic E-state index is -1.21. The second kappa shape index (κ2) is 4.70. The van der Waals surface area contributed by atoms with Crippen molar-refractivity contribution in [3.63, 3.8) is 0 Å². The van der Waals surface area contributed by atoms with Gasteiger partial charge in [-0.25, -0.2) is 14.2 Å². The number of nitrogen functional groups attached to an aromatic ring is 1. The normalized spacial score (nSPS) is 10.1. The lowest BCUT2D eigenvalue weighted by Crippen LogP contribution is -2.04. The number of halogens is 1. The molecule has 0 fully saturated rings. The molecule has 0 spiro atoms. The van der Waals surface area contributed by atoms with E-state index in [1.54, 1.807) is 6.07 Å². The van der Waals surface area contributed by atoms with Gasteiger partial charge in [0.1, 0.15) is 0 Å². The summed E-state index contributed by atoms with van der Waals surface area (Å²) in [6.07, 6.45) is 0. The molecule has 5 nitrogen and oxygen atoms in total. The van der Waals surface area contributed by atoms with Crippen molar-refractivity contribution in [2.45, 2.75) is 0 Å². The number of pyridine rings is 1. The first-order chi connectivity index (χ1) is 8.58. The highest BCUT2D eigenvalue weighted by atomic mass is 19.1. The summed E-state index contributed by atoms with van der Waals surface area (Å²) in [5, 5.41) is 8.79. The van der Waals surface area contributed by atoms with E-state index >= 15 is 0 Å². The third kappa shape index (κ3) is 2.37. The van der Waals surface area contributed by atoms with Crippen LogP contribution in [0.4, 0.5) is 10.1 Å². The predicted octanol–water partition coefficient (Wildman–Crippen LogP) is 2.29. The Bertz CT molecular complexity index is 602. The number of carboxylic acids is 1. The zero-order valence-electron chi connectivity index (χ0n) is 9.13. The Labute approximate surface area is 102 Å². The second-order valence-corrected chi connectivity index (χ2v) is 3.43. The number of carboxylic acid groups (broad SMARTS) is 1. The highest BCUT2D eigenvalue weighted by Gasteiger charge is 2.12. The van der Waals surface area contributed by atoms with Crippen molar-refractivity contribution < 1.29 is 19.0 Å². The summed E-state index contributed by atoms with van der Waals surface area (Å²) < 4.78 is 18.5. The van der Waals surface area contributed by atoms with Crippen LogP contribution in [0.2, 0.25) is 0 Å². The molecule has 0 radical (unpaired) electrons. The zero-order chi connectivity index (χ0) is 13.1. The van der Waals surface area contributed by atoms with Crippen LogP contribution in [0.25, 0.3) is 0 Å². The van der Waals surface area contributed by atoms with Gasteiger partial charge in [0.15, 0.2) is 17.3 Å². The summed E-state index contributed by atoms with van der Waals surface area (Å²) in [6.45, 7) is 0. The van der Waals surface area contributed by atoms with Crippen molar-refractivity contribution in [3.05, 3.63) is 47.9 Å². The van der Waals surface area contributed by atoms with Crippen LogP contribution in [0.15, 0.2) is 36.4 Å². The van der Waals surface area contributed by atoms with Crippen molar-refractivity contribution in [2.24, 2.45) is 0 Å². The standard InChI is InChI=1S/C12H9FN2O3/c13-7-3-1-2-4-10(7)18-11-8(14)5-6-9(15-11)12(16)17/h1-6H,14H2,(H,16,17). The smallest absolute Gasteiger partial charge is 0.354 e. The van der Waals surface area contributed by atoms with E-state index in [1.807, 2.05) is 0 Å². The summed E-state index contributed by atoms with van der Waals surface area (Å²) in [5.41, 5.74) is 5.49. The first kappa shape index (κ1) is 11.8. The minimum Gasteiger partial charge on any atom is -0.477 e. The van der Waals surface area contributed by atoms with Gasteiger partial charge in [-0.15, -0.1) is 0 Å². The van der Waals surface area contributed by atoms with Crippen molar-refractivity contribution in [2.75, 3.05) is 5.73 Å². The van der Waals surface area contributed by atoms with Gasteiger partial charge in [0.2, 0.25) is 5.88 Å². The maximum atomic E-state index is 13.4. The molecule has 0 aliphatic rings. The lowest BCUT2D eigenvalue weighted by atomic mass is 10.3. The number of hydrogen-bond acceptors (Lipinski definition) is 4. The summed E-state index contributed by atoms with van der Waals surface area (Å²) in [6, 6.07) is 8.28. The Hall–Kier alpha value is -2.63. The van der Waals surface area contributed by atoms with Crippen LogP contribution in [0, 0.1) is 5.82 Å². The molecule has 0 bridgehead atoms. The molecule has 0 amide bonds. The Kier molecular flexibility index (Phi) is 3.09. The molecule has 18 heavy (non-hydrogen) atoms. The number of aromatic nitrogens is 1. The van der Waals surface area contributed by atoms with Crippen LogP contribution in [0.5, 0.6) is 11.6 Å². The van der Waals surface area contributed by atoms with Gasteiger partial charge in [0, 0.05) is 0 Å². The molecule has 0 saturated carbocycles. The van der Waals surface area contributed by atoms with Gasteiger partial charge in [0.25, 0.3) is 0 Å². The van der Waals surface area contributed by atoms with E-state index < -0.39 is 11.8 Å². The minimum absolute atomic E-state index is 0.0701. The van der Waals surface area contributed by atoms with Crippen LogP contribution in [-0.2, 0) is 0 Å². The van der Waals surface area contributed by atoms with Gasteiger partial charge in [-0.1, -0.05) is 12.1 Å². The molecule has 2 rings (SSSR count). The van der Waals surface area contributed by atoms with Crippen LogP contribution < -0.4 is 10.5 Å². The van der Waals surface area contributed by atoms with Crippen molar-refractivity contribution in [1.29, 1.82) is 0 Å². The first-order valence-corrected chi connectivity index (χ1v) is 5.00. The molecule has 1 heterocycles. The SMILES string of the molecule is Nc1ccc(C(=O)O)nc1Oc1ccccc1F. The summed E-state index contributed by atoms with van der Waals surface area (Å²) in [7, 11) is 0. The number of para-hydroxylation sites is 1. The lowest BCUT2D eigenvalue weighted by molar-refractivity contribution is 0.0689. The molecule has 6 heteroatoms. The average molecular weight is 248 g/mol. The van der Waals surface area contributed by atoms with Crippen LogP contribution in [-0.4, -0.2) is 16.1 Å². The first-order valence-electron chi connectivity index (χ1n) is 5.00. The number of nitrogens with two attached hydrogens (primary N) is 1. The molecule has 1 aromatic carbocycles. The molecule has 3 N–H and O–H groups in total. The number of rotatable bonds is 3. The lowest BCUT2D eigenvalue weighted by Gasteiger charge is -2.08. The highest BCUT2D eigenvalue weighted by molar-refractivity contribution is 5.86. The van der Waals surface area contributed by atoms with E-state index in [4.69, 9.17) is 15.6 Å². The molecule has 92 valence electrons. The fourth-order valence-corrected chi connectivity index (χ4v) is 1.28. The molecule has 2 aromatic rings. The molecule has 0 aliphatic carbocycles. The molecule has 0 unspecified atom stereocenters. The van der Waals surface area contributed by atoms with E-state index in [-0.39, 0.29) is 23.0 Å². The summed E-state index contributed by atoms with van der Waals surface area (Å²) in [5.74, 6) is -2.01. The Balaban J connectivity index is 2.37. The third-order valence-electron chi connectivity index (χ3n) is 2.15. The molecule has 0 saturated heterocycles. The Morgan fingerprint density at radius 3 is 2.67 bits per heavy atom. The van der Waals surface area contributed by atoms with E-state index in [2.05, 4.69) is 4.98 Å². The Morgan fingerprint density at radius 2 is 2.00 bits per heavy atom. The Morgan fingerprint density at radius 1 is 1.28 bits per heavy atom. The quantitative estimate of drug-likeness (QED) is 0.870. The number of aromatic carboxylic acids is 1. The predicted molar refractivity (Wildman–Crippen MR) is 62.1 cm³/mol. The number of ether oxygens (including phenoxy) is 1. The van der Waals surface area contributed by atoms with Gasteiger partial charge in [0.05, 0.1) is 5.69 Å². The number of hydrogen-bond donors (Lipinski definition) is 2. The zero-order valence-corrected chi connectivity index (χ0v) is 9.13. The van der Waals surface area contributed by atoms with E-state index in [1.165, 1.54) is 30.3 Å². The topological polar surface area (TPSA) is 85.4 Å².